The molecule has 2 aliphatic rings. The largest absolute Gasteiger partial charge is 0.374 e. The Morgan fingerprint density at radius 2 is 2.04 bits per heavy atom. The van der Waals surface area contributed by atoms with Crippen LogP contribution >= 0.6 is 0 Å². The van der Waals surface area contributed by atoms with Crippen molar-refractivity contribution in [3.63, 3.8) is 0 Å². The van der Waals surface area contributed by atoms with Crippen LogP contribution in [0.5, 0.6) is 0 Å². The van der Waals surface area contributed by atoms with Crippen LogP contribution in [0.25, 0.3) is 0 Å². The van der Waals surface area contributed by atoms with Gasteiger partial charge in [0.2, 0.25) is 11.8 Å². The minimum absolute atomic E-state index is 0.00506. The van der Waals surface area contributed by atoms with Crippen LogP contribution in [0, 0.1) is 5.92 Å². The van der Waals surface area contributed by atoms with Gasteiger partial charge in [-0.1, -0.05) is 38.1 Å². The predicted molar refractivity (Wildman–Crippen MR) is 108 cm³/mol. The number of fused-ring (bicyclic) bond motifs is 1. The Morgan fingerprint density at radius 1 is 1.29 bits per heavy atom. The maximum absolute atomic E-state index is 12.5. The number of nitrogens with two attached hydrogens (primary N) is 1. The summed E-state index contributed by atoms with van der Waals surface area (Å²) in [5.41, 5.74) is 7.87. The number of nitrogens with one attached hydrogen (secondary N) is 1. The molecule has 0 spiro atoms. The van der Waals surface area contributed by atoms with Crippen LogP contribution in [0.4, 0.5) is 0 Å². The summed E-state index contributed by atoms with van der Waals surface area (Å²) in [4.78, 5) is 28.7. The molecule has 28 heavy (non-hydrogen) atoms. The Hall–Kier alpha value is -1.96. The number of rotatable bonds is 7. The van der Waals surface area contributed by atoms with Crippen molar-refractivity contribution in [2.45, 2.75) is 39.0 Å². The van der Waals surface area contributed by atoms with E-state index in [-0.39, 0.29) is 24.5 Å². The van der Waals surface area contributed by atoms with Crippen molar-refractivity contribution in [1.29, 1.82) is 0 Å². The highest BCUT2D eigenvalue weighted by molar-refractivity contribution is 5.83. The van der Waals surface area contributed by atoms with Gasteiger partial charge in [-0.2, -0.15) is 0 Å². The molecule has 1 aromatic carbocycles. The van der Waals surface area contributed by atoms with Gasteiger partial charge in [0.15, 0.2) is 0 Å². The molecule has 1 saturated heterocycles. The smallest absolute Gasteiger partial charge is 0.235 e. The highest BCUT2D eigenvalue weighted by Crippen LogP contribution is 2.22. The Kier molecular flexibility index (Phi) is 7.04. The number of hydrogen-bond donors (Lipinski definition) is 2. The lowest BCUT2D eigenvalue weighted by Gasteiger charge is -2.35. The third kappa shape index (κ3) is 5.53. The van der Waals surface area contributed by atoms with Gasteiger partial charge in [0.25, 0.3) is 0 Å². The molecule has 1 aromatic rings. The zero-order valence-corrected chi connectivity index (χ0v) is 16.9. The van der Waals surface area contributed by atoms with Crippen LogP contribution in [0.1, 0.15) is 25.0 Å². The molecular weight excluding hydrogens is 356 g/mol. The fourth-order valence-electron chi connectivity index (χ4n) is 4.08. The molecule has 3 rings (SSSR count). The lowest BCUT2D eigenvalue weighted by atomic mass is 9.93. The summed E-state index contributed by atoms with van der Waals surface area (Å²) in [5.74, 6) is 0.124. The molecule has 0 aliphatic carbocycles. The Bertz CT molecular complexity index is 694. The number of ether oxygens (including phenoxy) is 1. The van der Waals surface area contributed by atoms with Crippen LogP contribution in [-0.2, 0) is 27.3 Å². The minimum atomic E-state index is -0.451. The van der Waals surface area contributed by atoms with E-state index >= 15 is 0 Å². The number of amides is 2. The third-order valence-electron chi connectivity index (χ3n) is 5.39. The number of carbonyl (C=O) groups is 2. The van der Waals surface area contributed by atoms with E-state index in [0.29, 0.717) is 32.0 Å². The first kappa shape index (κ1) is 20.8. The fraction of sp³-hybridized carbons (Fsp3) is 0.619. The number of morpholine rings is 1. The number of benzene rings is 1. The molecule has 7 nitrogen and oxygen atoms in total. The monoisotopic (exact) mass is 388 g/mol. The van der Waals surface area contributed by atoms with Crippen molar-refractivity contribution in [2.24, 2.45) is 11.7 Å². The SMILES string of the molecule is CC(C)CN1CCOC(CNC(=O)CN2Cc3ccccc3CC2C(N)=O)C1. The molecule has 0 saturated carbocycles. The molecule has 7 heteroatoms. The molecule has 2 heterocycles. The summed E-state index contributed by atoms with van der Waals surface area (Å²) in [6.45, 7) is 9.12. The summed E-state index contributed by atoms with van der Waals surface area (Å²) in [6, 6.07) is 7.55. The van der Waals surface area contributed by atoms with Gasteiger partial charge in [-0.25, -0.2) is 0 Å². The van der Waals surface area contributed by atoms with E-state index in [1.165, 1.54) is 0 Å². The second kappa shape index (κ2) is 9.49. The molecular formula is C21H32N4O3. The second-order valence-electron chi connectivity index (χ2n) is 8.25. The maximum atomic E-state index is 12.5. The first-order chi connectivity index (χ1) is 13.4. The topological polar surface area (TPSA) is 87.9 Å². The second-order valence-corrected chi connectivity index (χ2v) is 8.25. The summed E-state index contributed by atoms with van der Waals surface area (Å²) in [7, 11) is 0. The molecule has 3 N–H and O–H groups in total. The van der Waals surface area contributed by atoms with E-state index in [0.717, 1.165) is 30.8 Å². The zero-order valence-electron chi connectivity index (χ0n) is 16.9. The van der Waals surface area contributed by atoms with E-state index in [2.05, 4.69) is 24.1 Å². The summed E-state index contributed by atoms with van der Waals surface area (Å²) in [5, 5.41) is 2.97. The highest BCUT2D eigenvalue weighted by Gasteiger charge is 2.31. The molecule has 2 amide bonds. The van der Waals surface area contributed by atoms with Crippen molar-refractivity contribution >= 4 is 11.8 Å². The van der Waals surface area contributed by atoms with Gasteiger partial charge in [-0.15, -0.1) is 0 Å². The number of nitrogens with zero attached hydrogens (tertiary/aromatic N) is 2. The van der Waals surface area contributed by atoms with Gasteiger partial charge in [0.05, 0.1) is 25.3 Å². The third-order valence-corrected chi connectivity index (χ3v) is 5.39. The van der Waals surface area contributed by atoms with Gasteiger partial charge >= 0.3 is 0 Å². The molecule has 154 valence electrons. The zero-order chi connectivity index (χ0) is 20.1. The van der Waals surface area contributed by atoms with Crippen LogP contribution < -0.4 is 11.1 Å². The Labute approximate surface area is 167 Å². The normalized spacial score (nSPS) is 23.4. The molecule has 0 radical (unpaired) electrons. The Balaban J connectivity index is 1.51. The predicted octanol–water partition coefficient (Wildman–Crippen LogP) is 0.372. The van der Waals surface area contributed by atoms with Crippen LogP contribution in [0.3, 0.4) is 0 Å². The lowest BCUT2D eigenvalue weighted by Crippen LogP contribution is -2.53. The van der Waals surface area contributed by atoms with Crippen molar-refractivity contribution in [1.82, 2.24) is 15.1 Å². The average Bonchev–Trinajstić information content (AvgIpc) is 2.65. The van der Waals surface area contributed by atoms with Crippen molar-refractivity contribution < 1.29 is 14.3 Å². The van der Waals surface area contributed by atoms with Crippen LogP contribution in [-0.4, -0.2) is 73.1 Å². The highest BCUT2D eigenvalue weighted by atomic mass is 16.5. The van der Waals surface area contributed by atoms with Gasteiger partial charge in [0.1, 0.15) is 0 Å². The van der Waals surface area contributed by atoms with E-state index in [1.54, 1.807) is 0 Å². The molecule has 2 aliphatic heterocycles. The van der Waals surface area contributed by atoms with Crippen molar-refractivity contribution in [3.8, 4) is 0 Å². The number of primary amides is 1. The van der Waals surface area contributed by atoms with E-state index < -0.39 is 6.04 Å². The summed E-state index contributed by atoms with van der Waals surface area (Å²) < 4.78 is 5.79. The van der Waals surface area contributed by atoms with E-state index in [9.17, 15) is 9.59 Å². The number of hydrogen-bond acceptors (Lipinski definition) is 5. The molecule has 0 bridgehead atoms. The number of carbonyl (C=O) groups excluding carboxylic acids is 2. The van der Waals surface area contributed by atoms with Gasteiger partial charge in [0, 0.05) is 32.7 Å². The quantitative estimate of drug-likeness (QED) is 0.705. The maximum Gasteiger partial charge on any atom is 0.235 e. The van der Waals surface area contributed by atoms with Crippen molar-refractivity contribution in [2.75, 3.05) is 39.3 Å². The van der Waals surface area contributed by atoms with Crippen LogP contribution in [0.2, 0.25) is 0 Å². The molecule has 2 atom stereocenters. The summed E-state index contributed by atoms with van der Waals surface area (Å²) in [6.07, 6.45) is 0.555. The average molecular weight is 389 g/mol. The molecule has 0 aromatic heterocycles. The lowest BCUT2D eigenvalue weighted by molar-refractivity contribution is -0.128. The Morgan fingerprint density at radius 3 is 2.75 bits per heavy atom. The van der Waals surface area contributed by atoms with Gasteiger partial charge in [-0.05, 0) is 23.5 Å². The summed E-state index contributed by atoms with van der Waals surface area (Å²) >= 11 is 0. The fourth-order valence-corrected chi connectivity index (χ4v) is 4.08. The van der Waals surface area contributed by atoms with E-state index in [4.69, 9.17) is 10.5 Å². The first-order valence-corrected chi connectivity index (χ1v) is 10.1. The van der Waals surface area contributed by atoms with Crippen molar-refractivity contribution in [3.05, 3.63) is 35.4 Å². The molecule has 1 fully saturated rings. The standard InChI is InChI=1S/C21H32N4O3/c1-15(2)11-24-7-8-28-18(13-24)10-23-20(26)14-25-12-17-6-4-3-5-16(17)9-19(25)21(22)27/h3-6,15,18-19H,7-14H2,1-2H3,(H2,22,27)(H,23,26). The first-order valence-electron chi connectivity index (χ1n) is 10.1. The van der Waals surface area contributed by atoms with Crippen LogP contribution in [0.15, 0.2) is 24.3 Å². The minimum Gasteiger partial charge on any atom is -0.374 e. The van der Waals surface area contributed by atoms with Gasteiger partial charge in [-0.3, -0.25) is 19.4 Å². The van der Waals surface area contributed by atoms with E-state index in [1.807, 2.05) is 29.2 Å². The molecule has 2 unspecified atom stereocenters. The van der Waals surface area contributed by atoms with Gasteiger partial charge < -0.3 is 15.8 Å².